The van der Waals surface area contributed by atoms with Gasteiger partial charge in [0.1, 0.15) is 6.20 Å². The smallest absolute Gasteiger partial charge is 0.0886 e. The second kappa shape index (κ2) is 3.13. The lowest BCUT2D eigenvalue weighted by molar-refractivity contribution is -0.770. The second-order valence-electron chi connectivity index (χ2n) is 3.48. The molecule has 0 fully saturated rings. The number of hydrogen-bond acceptors (Lipinski definition) is 1. The number of rotatable bonds is 1. The van der Waals surface area contributed by atoms with E-state index < -0.39 is 0 Å². The number of aromatic nitrogens is 2. The molecule has 1 aromatic carbocycles. The first-order valence-corrected chi connectivity index (χ1v) is 4.53. The largest absolute Gasteiger partial charge is 0.204 e. The van der Waals surface area contributed by atoms with Crippen LogP contribution >= 0.6 is 0 Å². The van der Waals surface area contributed by atoms with E-state index in [9.17, 15) is 0 Å². The standard InChI is InChI=1S/C11H13N2/c1-9(2)13-8-11-6-4-3-5-10(11)7-12-13/h3-9H,1-2H3/q+1. The fourth-order valence-corrected chi connectivity index (χ4v) is 1.33. The van der Waals surface area contributed by atoms with Crippen LogP contribution in [-0.4, -0.2) is 5.10 Å². The van der Waals surface area contributed by atoms with Gasteiger partial charge in [0.2, 0.25) is 6.20 Å². The van der Waals surface area contributed by atoms with Crippen LogP contribution in [0.4, 0.5) is 0 Å². The first-order chi connectivity index (χ1) is 6.27. The van der Waals surface area contributed by atoms with Crippen LogP contribution in [-0.2, 0) is 0 Å². The Bertz CT molecular complexity index is 421. The van der Waals surface area contributed by atoms with Gasteiger partial charge in [-0.15, -0.1) is 0 Å². The Labute approximate surface area is 77.8 Å². The van der Waals surface area contributed by atoms with Crippen molar-refractivity contribution in [2.45, 2.75) is 19.9 Å². The summed E-state index contributed by atoms with van der Waals surface area (Å²) in [5.41, 5.74) is 0. The maximum Gasteiger partial charge on any atom is 0.204 e. The summed E-state index contributed by atoms with van der Waals surface area (Å²) >= 11 is 0. The average Bonchev–Trinajstić information content (AvgIpc) is 2.17. The van der Waals surface area contributed by atoms with Crippen LogP contribution in [0.1, 0.15) is 19.9 Å². The summed E-state index contributed by atoms with van der Waals surface area (Å²) in [5.74, 6) is 0. The minimum absolute atomic E-state index is 0.421. The van der Waals surface area contributed by atoms with E-state index in [1.165, 1.54) is 10.8 Å². The summed E-state index contributed by atoms with van der Waals surface area (Å²) in [4.78, 5) is 0. The first kappa shape index (κ1) is 8.17. The molecule has 0 bridgehead atoms. The molecule has 0 saturated heterocycles. The van der Waals surface area contributed by atoms with Crippen molar-refractivity contribution >= 4 is 10.8 Å². The molecule has 0 aliphatic heterocycles. The van der Waals surface area contributed by atoms with Crippen molar-refractivity contribution in [2.75, 3.05) is 0 Å². The lowest BCUT2D eigenvalue weighted by atomic mass is 10.2. The van der Waals surface area contributed by atoms with Gasteiger partial charge in [0, 0.05) is 10.8 Å². The summed E-state index contributed by atoms with van der Waals surface area (Å²) in [6, 6.07) is 8.68. The van der Waals surface area contributed by atoms with Gasteiger partial charge in [-0.2, -0.15) is 0 Å². The molecule has 13 heavy (non-hydrogen) atoms. The van der Waals surface area contributed by atoms with E-state index in [-0.39, 0.29) is 0 Å². The normalized spacial score (nSPS) is 11.0. The van der Waals surface area contributed by atoms with Crippen molar-refractivity contribution < 1.29 is 4.68 Å². The summed E-state index contributed by atoms with van der Waals surface area (Å²) < 4.78 is 1.97. The third kappa shape index (κ3) is 1.52. The predicted octanol–water partition coefficient (Wildman–Crippen LogP) is 2.10. The molecule has 0 amide bonds. The Morgan fingerprint density at radius 1 is 1.15 bits per heavy atom. The van der Waals surface area contributed by atoms with E-state index >= 15 is 0 Å². The molecule has 2 nitrogen and oxygen atoms in total. The minimum Gasteiger partial charge on any atom is -0.0886 e. The Morgan fingerprint density at radius 2 is 1.85 bits per heavy atom. The highest BCUT2D eigenvalue weighted by molar-refractivity contribution is 5.79. The first-order valence-electron chi connectivity index (χ1n) is 4.53. The quantitative estimate of drug-likeness (QED) is 0.603. The third-order valence-corrected chi connectivity index (χ3v) is 2.13. The zero-order valence-corrected chi connectivity index (χ0v) is 7.94. The van der Waals surface area contributed by atoms with Crippen molar-refractivity contribution in [3.05, 3.63) is 36.7 Å². The molecule has 2 heteroatoms. The highest BCUT2D eigenvalue weighted by atomic mass is 15.3. The van der Waals surface area contributed by atoms with Gasteiger partial charge in [0.15, 0.2) is 6.04 Å². The van der Waals surface area contributed by atoms with Gasteiger partial charge in [0.25, 0.3) is 0 Å². The fraction of sp³-hybridized carbons (Fsp3) is 0.273. The highest BCUT2D eigenvalue weighted by Crippen LogP contribution is 2.08. The van der Waals surface area contributed by atoms with Gasteiger partial charge in [-0.3, -0.25) is 0 Å². The molecule has 66 valence electrons. The molecule has 0 spiro atoms. The SMILES string of the molecule is CC(C)[n+]1cc2ccccc2cn1. The summed E-state index contributed by atoms with van der Waals surface area (Å²) in [7, 11) is 0. The van der Waals surface area contributed by atoms with E-state index in [4.69, 9.17) is 0 Å². The van der Waals surface area contributed by atoms with E-state index in [0.29, 0.717) is 6.04 Å². The molecule has 2 rings (SSSR count). The number of nitrogens with zero attached hydrogens (tertiary/aromatic N) is 2. The molecule has 0 unspecified atom stereocenters. The number of benzene rings is 1. The molecule has 0 aliphatic carbocycles. The summed E-state index contributed by atoms with van der Waals surface area (Å²) in [6.07, 6.45) is 4.00. The van der Waals surface area contributed by atoms with Crippen LogP contribution in [0.15, 0.2) is 36.7 Å². The molecule has 0 atom stereocenters. The van der Waals surface area contributed by atoms with Gasteiger partial charge >= 0.3 is 0 Å². The number of fused-ring (bicyclic) bond motifs is 1. The maximum atomic E-state index is 4.32. The fourth-order valence-electron chi connectivity index (χ4n) is 1.33. The van der Waals surface area contributed by atoms with Crippen LogP contribution in [0, 0.1) is 0 Å². The van der Waals surface area contributed by atoms with E-state index in [1.807, 2.05) is 23.0 Å². The topological polar surface area (TPSA) is 16.8 Å². The summed E-state index contributed by atoms with van der Waals surface area (Å²) in [6.45, 7) is 4.25. The van der Waals surface area contributed by atoms with Crippen LogP contribution in [0.5, 0.6) is 0 Å². The molecular formula is C11H13N2+. The Hall–Kier alpha value is -1.44. The Morgan fingerprint density at radius 3 is 2.54 bits per heavy atom. The molecule has 2 aromatic rings. The Balaban J connectivity index is 2.62. The van der Waals surface area contributed by atoms with Crippen molar-refractivity contribution in [3.63, 3.8) is 0 Å². The molecule has 0 saturated carbocycles. The molecule has 1 aromatic heterocycles. The molecule has 1 heterocycles. The van der Waals surface area contributed by atoms with Gasteiger partial charge in [-0.25, -0.2) is 0 Å². The molecule has 0 radical (unpaired) electrons. The molecule has 0 N–H and O–H groups in total. The van der Waals surface area contributed by atoms with Crippen molar-refractivity contribution in [2.24, 2.45) is 0 Å². The van der Waals surface area contributed by atoms with Gasteiger partial charge < -0.3 is 0 Å². The van der Waals surface area contributed by atoms with Crippen molar-refractivity contribution in [1.82, 2.24) is 5.10 Å². The van der Waals surface area contributed by atoms with E-state index in [1.54, 1.807) is 0 Å². The second-order valence-corrected chi connectivity index (χ2v) is 3.48. The maximum absolute atomic E-state index is 4.32. The van der Waals surface area contributed by atoms with Crippen LogP contribution in [0.3, 0.4) is 0 Å². The minimum atomic E-state index is 0.421. The highest BCUT2D eigenvalue weighted by Gasteiger charge is 2.07. The van der Waals surface area contributed by atoms with Crippen molar-refractivity contribution in [1.29, 1.82) is 0 Å². The summed E-state index contributed by atoms with van der Waals surface area (Å²) in [5, 5.41) is 6.76. The van der Waals surface area contributed by atoms with Crippen molar-refractivity contribution in [3.8, 4) is 0 Å². The zero-order chi connectivity index (χ0) is 9.26. The van der Waals surface area contributed by atoms with Gasteiger partial charge in [0.05, 0.1) is 0 Å². The monoisotopic (exact) mass is 173 g/mol. The Kier molecular flexibility index (Phi) is 1.97. The van der Waals surface area contributed by atoms with Gasteiger partial charge in [-0.05, 0) is 25.0 Å². The lowest BCUT2D eigenvalue weighted by Gasteiger charge is -1.98. The van der Waals surface area contributed by atoms with Crippen LogP contribution < -0.4 is 4.68 Å². The lowest BCUT2D eigenvalue weighted by Crippen LogP contribution is -2.39. The predicted molar refractivity (Wildman–Crippen MR) is 52.3 cm³/mol. The van der Waals surface area contributed by atoms with E-state index in [0.717, 1.165) is 0 Å². The zero-order valence-electron chi connectivity index (χ0n) is 7.94. The molecule has 0 aliphatic rings. The van der Waals surface area contributed by atoms with Gasteiger partial charge in [-0.1, -0.05) is 22.9 Å². The number of hydrogen-bond donors (Lipinski definition) is 0. The van der Waals surface area contributed by atoms with Crippen LogP contribution in [0.2, 0.25) is 0 Å². The third-order valence-electron chi connectivity index (χ3n) is 2.13. The molecular weight excluding hydrogens is 160 g/mol. The van der Waals surface area contributed by atoms with Crippen LogP contribution in [0.25, 0.3) is 10.8 Å². The van der Waals surface area contributed by atoms with E-state index in [2.05, 4.69) is 37.3 Å². The average molecular weight is 173 g/mol.